The summed E-state index contributed by atoms with van der Waals surface area (Å²) in [4.78, 5) is 16.4. The molecule has 0 saturated carbocycles. The van der Waals surface area contributed by atoms with Crippen molar-refractivity contribution in [2.24, 2.45) is 0 Å². The lowest BCUT2D eigenvalue weighted by molar-refractivity contribution is -0.133. The molecule has 1 amide bonds. The van der Waals surface area contributed by atoms with E-state index in [0.717, 1.165) is 24.2 Å². The molecular weight excluding hydrogens is 390 g/mol. The van der Waals surface area contributed by atoms with Crippen LogP contribution in [0, 0.1) is 0 Å². The number of methoxy groups -OCH3 is 2. The van der Waals surface area contributed by atoms with Gasteiger partial charge in [0.15, 0.2) is 11.5 Å². The van der Waals surface area contributed by atoms with Crippen molar-refractivity contribution >= 4 is 28.6 Å². The van der Waals surface area contributed by atoms with Crippen LogP contribution in [0.2, 0.25) is 0 Å². The molecule has 1 aliphatic heterocycles. The lowest BCUT2D eigenvalue weighted by Gasteiger charge is -2.37. The van der Waals surface area contributed by atoms with Crippen LogP contribution in [0.15, 0.2) is 46.5 Å². The van der Waals surface area contributed by atoms with Gasteiger partial charge in [0.2, 0.25) is 5.91 Å². The van der Waals surface area contributed by atoms with Crippen molar-refractivity contribution in [3.05, 3.63) is 68.0 Å². The zero-order valence-corrected chi connectivity index (χ0v) is 17.6. The second kappa shape index (κ2) is 8.37. The molecule has 0 aliphatic carbocycles. The van der Waals surface area contributed by atoms with Crippen molar-refractivity contribution in [3.63, 3.8) is 0 Å². The molecule has 0 radical (unpaired) electrons. The summed E-state index contributed by atoms with van der Waals surface area (Å²) in [7, 11) is 3.31. The fourth-order valence-electron chi connectivity index (χ4n) is 3.80. The van der Waals surface area contributed by atoms with Crippen LogP contribution in [0.1, 0.15) is 34.0 Å². The summed E-state index contributed by atoms with van der Waals surface area (Å²) in [6.45, 7) is 0.716. The standard InChI is InChI=1S/C22H23NO3S2/c1-25-18-12-16-7-9-23(21(24)6-5-15-8-11-27-14-15)22(20-4-3-10-28-20)17(16)13-19(18)26-2/h3-4,8,10-14,22H,5-7,9H2,1-2H3. The molecule has 4 nitrogen and oxygen atoms in total. The Morgan fingerprint density at radius 1 is 1.18 bits per heavy atom. The van der Waals surface area contributed by atoms with E-state index in [1.807, 2.05) is 17.0 Å². The van der Waals surface area contributed by atoms with E-state index in [0.29, 0.717) is 18.7 Å². The summed E-state index contributed by atoms with van der Waals surface area (Å²) in [6, 6.07) is 10.3. The zero-order chi connectivity index (χ0) is 19.5. The first-order valence-electron chi connectivity index (χ1n) is 9.30. The Labute approximate surface area is 173 Å². The number of rotatable bonds is 6. The average molecular weight is 414 g/mol. The van der Waals surface area contributed by atoms with Crippen LogP contribution < -0.4 is 9.47 Å². The molecule has 2 aromatic heterocycles. The third-order valence-corrected chi connectivity index (χ3v) is 6.87. The molecule has 1 aliphatic rings. The number of aryl methyl sites for hydroxylation is 1. The third-order valence-electron chi connectivity index (χ3n) is 5.21. The van der Waals surface area contributed by atoms with Gasteiger partial charge in [-0.2, -0.15) is 11.3 Å². The molecule has 1 atom stereocenters. The van der Waals surface area contributed by atoms with E-state index in [1.54, 1.807) is 36.9 Å². The maximum atomic E-state index is 13.2. The summed E-state index contributed by atoms with van der Waals surface area (Å²) in [6.07, 6.45) is 2.14. The molecule has 0 spiro atoms. The summed E-state index contributed by atoms with van der Waals surface area (Å²) in [5.74, 6) is 1.64. The SMILES string of the molecule is COc1cc2c(cc1OC)C(c1cccs1)N(C(=O)CCc1ccsc1)CC2. The highest BCUT2D eigenvalue weighted by molar-refractivity contribution is 7.10. The van der Waals surface area contributed by atoms with Gasteiger partial charge in [-0.05, 0) is 69.9 Å². The maximum Gasteiger partial charge on any atom is 0.223 e. The molecule has 3 heterocycles. The van der Waals surface area contributed by atoms with Gasteiger partial charge < -0.3 is 14.4 Å². The number of benzene rings is 1. The van der Waals surface area contributed by atoms with Crippen LogP contribution in [0.3, 0.4) is 0 Å². The van der Waals surface area contributed by atoms with E-state index < -0.39 is 0 Å². The summed E-state index contributed by atoms with van der Waals surface area (Å²) in [5, 5.41) is 6.25. The number of hydrogen-bond acceptors (Lipinski definition) is 5. The Kier molecular flexibility index (Phi) is 5.69. The number of thiophene rings is 2. The highest BCUT2D eigenvalue weighted by atomic mass is 32.1. The fourth-order valence-corrected chi connectivity index (χ4v) is 5.36. The Hall–Kier alpha value is -2.31. The van der Waals surface area contributed by atoms with Crippen LogP contribution >= 0.6 is 22.7 Å². The van der Waals surface area contributed by atoms with Gasteiger partial charge in [0, 0.05) is 17.8 Å². The quantitative estimate of drug-likeness (QED) is 0.575. The number of ether oxygens (including phenoxy) is 2. The minimum atomic E-state index is -0.0708. The molecule has 0 N–H and O–H groups in total. The molecule has 28 heavy (non-hydrogen) atoms. The van der Waals surface area contributed by atoms with E-state index in [4.69, 9.17) is 9.47 Å². The Balaban J connectivity index is 1.67. The highest BCUT2D eigenvalue weighted by Crippen LogP contribution is 2.42. The maximum absolute atomic E-state index is 13.2. The van der Waals surface area contributed by atoms with Gasteiger partial charge in [-0.3, -0.25) is 4.79 Å². The molecule has 146 valence electrons. The molecule has 3 aromatic rings. The van der Waals surface area contributed by atoms with Crippen molar-refractivity contribution in [3.8, 4) is 11.5 Å². The Bertz CT molecular complexity index is 935. The van der Waals surface area contributed by atoms with Crippen molar-refractivity contribution in [1.29, 1.82) is 0 Å². The van der Waals surface area contributed by atoms with Crippen LogP contribution in [0.4, 0.5) is 0 Å². The Morgan fingerprint density at radius 3 is 2.68 bits per heavy atom. The minimum absolute atomic E-state index is 0.0708. The summed E-state index contributed by atoms with van der Waals surface area (Å²) < 4.78 is 11.0. The lowest BCUT2D eigenvalue weighted by Crippen LogP contribution is -2.40. The number of hydrogen-bond donors (Lipinski definition) is 0. The van der Waals surface area contributed by atoms with Gasteiger partial charge in [0.25, 0.3) is 0 Å². The first-order chi connectivity index (χ1) is 13.7. The summed E-state index contributed by atoms with van der Waals surface area (Å²) >= 11 is 3.36. The molecule has 0 fully saturated rings. The van der Waals surface area contributed by atoms with Gasteiger partial charge in [-0.15, -0.1) is 11.3 Å². The Morgan fingerprint density at radius 2 is 2.00 bits per heavy atom. The van der Waals surface area contributed by atoms with Gasteiger partial charge in [-0.1, -0.05) is 6.07 Å². The van der Waals surface area contributed by atoms with Crippen LogP contribution in [0.5, 0.6) is 11.5 Å². The normalized spacial score (nSPS) is 15.9. The predicted molar refractivity (Wildman–Crippen MR) is 114 cm³/mol. The molecule has 1 unspecified atom stereocenters. The molecule has 1 aromatic carbocycles. The number of fused-ring (bicyclic) bond motifs is 1. The van der Waals surface area contributed by atoms with Crippen molar-refractivity contribution in [2.45, 2.75) is 25.3 Å². The third kappa shape index (κ3) is 3.66. The molecular formula is C22H23NO3S2. The fraction of sp³-hybridized carbons (Fsp3) is 0.318. The van der Waals surface area contributed by atoms with Crippen LogP contribution in [-0.4, -0.2) is 31.6 Å². The second-order valence-corrected chi connectivity index (χ2v) is 8.55. The van der Waals surface area contributed by atoms with E-state index in [-0.39, 0.29) is 11.9 Å². The van der Waals surface area contributed by atoms with E-state index in [9.17, 15) is 4.79 Å². The van der Waals surface area contributed by atoms with Crippen molar-refractivity contribution in [2.75, 3.05) is 20.8 Å². The zero-order valence-electron chi connectivity index (χ0n) is 16.0. The second-order valence-electron chi connectivity index (χ2n) is 6.79. The first-order valence-corrected chi connectivity index (χ1v) is 11.1. The minimum Gasteiger partial charge on any atom is -0.493 e. The monoisotopic (exact) mass is 413 g/mol. The summed E-state index contributed by atoms with van der Waals surface area (Å²) in [5.41, 5.74) is 3.59. The highest BCUT2D eigenvalue weighted by Gasteiger charge is 2.33. The number of amides is 1. The number of carbonyl (C=O) groups excluding carboxylic acids is 1. The van der Waals surface area contributed by atoms with Gasteiger partial charge in [0.1, 0.15) is 0 Å². The van der Waals surface area contributed by atoms with E-state index in [1.165, 1.54) is 16.0 Å². The first kappa shape index (κ1) is 19.0. The molecule has 4 rings (SSSR count). The van der Waals surface area contributed by atoms with Crippen LogP contribution in [0.25, 0.3) is 0 Å². The molecule has 6 heteroatoms. The van der Waals surface area contributed by atoms with Crippen molar-refractivity contribution in [1.82, 2.24) is 4.90 Å². The predicted octanol–water partition coefficient (Wildman–Crippen LogP) is 4.93. The number of carbonyl (C=O) groups is 1. The van der Waals surface area contributed by atoms with Crippen molar-refractivity contribution < 1.29 is 14.3 Å². The number of nitrogens with zero attached hydrogens (tertiary/aromatic N) is 1. The average Bonchev–Trinajstić information content (AvgIpc) is 3.44. The van der Waals surface area contributed by atoms with Gasteiger partial charge >= 0.3 is 0 Å². The largest absolute Gasteiger partial charge is 0.493 e. The smallest absolute Gasteiger partial charge is 0.223 e. The lowest BCUT2D eigenvalue weighted by atomic mass is 9.90. The van der Waals surface area contributed by atoms with Gasteiger partial charge in [0.05, 0.1) is 20.3 Å². The van der Waals surface area contributed by atoms with Crippen LogP contribution in [-0.2, 0) is 17.6 Å². The topological polar surface area (TPSA) is 38.8 Å². The molecule has 0 bridgehead atoms. The van der Waals surface area contributed by atoms with Gasteiger partial charge in [-0.25, -0.2) is 0 Å². The molecule has 0 saturated heterocycles. The van der Waals surface area contributed by atoms with E-state index >= 15 is 0 Å². The van der Waals surface area contributed by atoms with E-state index in [2.05, 4.69) is 34.3 Å².